The maximum Gasteiger partial charge on any atom is 0.264 e. The summed E-state index contributed by atoms with van der Waals surface area (Å²) in [6, 6.07) is 21.5. The largest absolute Gasteiger partial charge is 0.352 e. The highest BCUT2D eigenvalue weighted by atomic mass is 35.5. The van der Waals surface area contributed by atoms with Gasteiger partial charge < -0.3 is 10.2 Å². The van der Waals surface area contributed by atoms with E-state index in [0.717, 1.165) is 41.1 Å². The number of para-hydroxylation sites is 1. The van der Waals surface area contributed by atoms with E-state index in [9.17, 15) is 18.0 Å². The number of halogens is 1. The molecule has 1 fully saturated rings. The molecular weight excluding hydrogens is 558 g/mol. The summed E-state index contributed by atoms with van der Waals surface area (Å²) < 4.78 is 28.9. The highest BCUT2D eigenvalue weighted by Crippen LogP contribution is 2.26. The summed E-state index contributed by atoms with van der Waals surface area (Å²) in [4.78, 5) is 29.4. The number of nitrogens with one attached hydrogen (secondary N) is 1. The Morgan fingerprint density at radius 2 is 1.56 bits per heavy atom. The summed E-state index contributed by atoms with van der Waals surface area (Å²) in [6.45, 7) is 3.56. The number of carbonyl (C=O) groups excluding carboxylic acids is 2. The predicted molar refractivity (Wildman–Crippen MR) is 163 cm³/mol. The molecular formula is C32H38ClN3O4S. The lowest BCUT2D eigenvalue weighted by Gasteiger charge is -2.34. The molecule has 1 aliphatic rings. The lowest BCUT2D eigenvalue weighted by atomic mass is 9.95. The fraction of sp³-hybridized carbons (Fsp3) is 0.375. The minimum atomic E-state index is -4.13. The molecule has 1 aliphatic carbocycles. The van der Waals surface area contributed by atoms with Gasteiger partial charge in [-0.1, -0.05) is 80.3 Å². The van der Waals surface area contributed by atoms with Crippen molar-refractivity contribution in [2.24, 2.45) is 0 Å². The van der Waals surface area contributed by atoms with Crippen LogP contribution in [0, 0.1) is 6.92 Å². The molecule has 3 aromatic rings. The van der Waals surface area contributed by atoms with Gasteiger partial charge in [-0.05, 0) is 73.7 Å². The molecule has 0 unspecified atom stereocenters. The van der Waals surface area contributed by atoms with E-state index in [0.29, 0.717) is 17.1 Å². The molecule has 1 atom stereocenters. The molecule has 4 rings (SSSR count). The molecule has 41 heavy (non-hydrogen) atoms. The molecule has 218 valence electrons. The zero-order valence-corrected chi connectivity index (χ0v) is 25.2. The lowest BCUT2D eigenvalue weighted by molar-refractivity contribution is -0.140. The van der Waals surface area contributed by atoms with Crippen molar-refractivity contribution >= 4 is 39.1 Å². The molecule has 0 radical (unpaired) electrons. The molecule has 0 spiro atoms. The van der Waals surface area contributed by atoms with Crippen molar-refractivity contribution in [3.05, 3.63) is 95.0 Å². The van der Waals surface area contributed by atoms with Crippen LogP contribution in [0.2, 0.25) is 5.02 Å². The smallest absolute Gasteiger partial charge is 0.264 e. The fourth-order valence-corrected chi connectivity index (χ4v) is 6.83. The summed E-state index contributed by atoms with van der Waals surface area (Å²) in [5.74, 6) is -0.659. The maximum atomic E-state index is 14.2. The molecule has 0 aromatic heterocycles. The highest BCUT2D eigenvalue weighted by Gasteiger charge is 2.34. The second-order valence-electron chi connectivity index (χ2n) is 10.5. The number of hydrogen-bond donors (Lipinski definition) is 1. The van der Waals surface area contributed by atoms with Gasteiger partial charge in [0.25, 0.3) is 10.0 Å². The van der Waals surface area contributed by atoms with Crippen LogP contribution in [0.3, 0.4) is 0 Å². The Kier molecular flexibility index (Phi) is 10.5. The summed E-state index contributed by atoms with van der Waals surface area (Å²) in [5, 5.41) is 3.58. The standard InChI is InChI=1S/C32H38ClN3O4S/c1-3-30(32(38)34-27-14-6-4-7-15-27)35(22-25-13-11-10-12-24(25)2)31(37)23-36(28-16-8-5-9-17-28)41(39,40)29-20-18-26(33)19-21-29/h5,8-13,16-21,27,30H,3-4,6-7,14-15,22-23H2,1-2H3,(H,34,38)/t30-/m0/s1. The van der Waals surface area contributed by atoms with Gasteiger partial charge in [0.2, 0.25) is 11.8 Å². The van der Waals surface area contributed by atoms with Crippen LogP contribution in [0.1, 0.15) is 56.6 Å². The van der Waals surface area contributed by atoms with E-state index in [2.05, 4.69) is 5.32 Å². The van der Waals surface area contributed by atoms with Gasteiger partial charge in [-0.15, -0.1) is 0 Å². The number of carbonyl (C=O) groups is 2. The molecule has 1 N–H and O–H groups in total. The monoisotopic (exact) mass is 595 g/mol. The zero-order valence-electron chi connectivity index (χ0n) is 23.6. The van der Waals surface area contributed by atoms with Crippen molar-refractivity contribution in [3.63, 3.8) is 0 Å². The Hall–Kier alpha value is -3.36. The van der Waals surface area contributed by atoms with E-state index in [1.807, 2.05) is 38.1 Å². The van der Waals surface area contributed by atoms with Crippen LogP contribution >= 0.6 is 11.6 Å². The Morgan fingerprint density at radius 1 is 0.927 bits per heavy atom. The van der Waals surface area contributed by atoms with E-state index >= 15 is 0 Å². The van der Waals surface area contributed by atoms with Crippen LogP contribution in [-0.4, -0.2) is 43.8 Å². The molecule has 1 saturated carbocycles. The third-order valence-corrected chi connectivity index (χ3v) is 9.70. The molecule has 3 aromatic carbocycles. The van der Waals surface area contributed by atoms with Gasteiger partial charge in [0.15, 0.2) is 0 Å². The first-order chi connectivity index (χ1) is 19.7. The number of hydrogen-bond acceptors (Lipinski definition) is 4. The molecule has 7 nitrogen and oxygen atoms in total. The topological polar surface area (TPSA) is 86.8 Å². The van der Waals surface area contributed by atoms with Crippen molar-refractivity contribution in [3.8, 4) is 0 Å². The Morgan fingerprint density at radius 3 is 2.20 bits per heavy atom. The average Bonchev–Trinajstić information content (AvgIpc) is 2.97. The van der Waals surface area contributed by atoms with E-state index < -0.39 is 28.5 Å². The number of amides is 2. The van der Waals surface area contributed by atoms with Crippen LogP contribution in [0.15, 0.2) is 83.8 Å². The van der Waals surface area contributed by atoms with Gasteiger partial charge in [0, 0.05) is 17.6 Å². The number of benzene rings is 3. The van der Waals surface area contributed by atoms with Crippen LogP contribution in [0.4, 0.5) is 5.69 Å². The van der Waals surface area contributed by atoms with Crippen LogP contribution < -0.4 is 9.62 Å². The third kappa shape index (κ3) is 7.68. The molecule has 2 amide bonds. The Labute approximate surface area is 248 Å². The minimum absolute atomic E-state index is 0.0195. The number of sulfonamides is 1. The van der Waals surface area contributed by atoms with Gasteiger partial charge in [0.05, 0.1) is 10.6 Å². The molecule has 9 heteroatoms. The van der Waals surface area contributed by atoms with Crippen molar-refractivity contribution in [2.75, 3.05) is 10.8 Å². The average molecular weight is 596 g/mol. The highest BCUT2D eigenvalue weighted by molar-refractivity contribution is 7.92. The Balaban J connectivity index is 1.69. The first-order valence-corrected chi connectivity index (χ1v) is 16.0. The Bertz CT molecular complexity index is 1420. The van der Waals surface area contributed by atoms with Crippen LogP contribution in [0.25, 0.3) is 0 Å². The predicted octanol–water partition coefficient (Wildman–Crippen LogP) is 6.10. The van der Waals surface area contributed by atoms with E-state index in [1.165, 1.54) is 35.6 Å². The minimum Gasteiger partial charge on any atom is -0.352 e. The first kappa shape index (κ1) is 30.6. The fourth-order valence-electron chi connectivity index (χ4n) is 5.29. The molecule has 0 saturated heterocycles. The van der Waals surface area contributed by atoms with Crippen LogP contribution in [-0.2, 0) is 26.2 Å². The van der Waals surface area contributed by atoms with Gasteiger partial charge in [-0.3, -0.25) is 13.9 Å². The van der Waals surface area contributed by atoms with Gasteiger partial charge in [0.1, 0.15) is 12.6 Å². The summed E-state index contributed by atoms with van der Waals surface area (Å²) >= 11 is 6.02. The SMILES string of the molecule is CC[C@@H](C(=O)NC1CCCCC1)N(Cc1ccccc1C)C(=O)CN(c1ccccc1)S(=O)(=O)c1ccc(Cl)cc1. The third-order valence-electron chi connectivity index (χ3n) is 7.66. The van der Waals surface area contributed by atoms with Gasteiger partial charge in [-0.25, -0.2) is 8.42 Å². The molecule has 0 heterocycles. The second-order valence-corrected chi connectivity index (χ2v) is 12.8. The van der Waals surface area contributed by atoms with E-state index in [-0.39, 0.29) is 23.4 Å². The zero-order chi connectivity index (χ0) is 29.4. The lowest BCUT2D eigenvalue weighted by Crippen LogP contribution is -2.54. The normalized spacial score (nSPS) is 14.7. The van der Waals surface area contributed by atoms with Crippen molar-refractivity contribution in [1.82, 2.24) is 10.2 Å². The number of anilines is 1. The first-order valence-electron chi connectivity index (χ1n) is 14.2. The summed E-state index contributed by atoms with van der Waals surface area (Å²) in [5.41, 5.74) is 2.24. The van der Waals surface area contributed by atoms with Gasteiger partial charge in [-0.2, -0.15) is 0 Å². The number of aryl methyl sites for hydroxylation is 1. The van der Waals surface area contributed by atoms with Crippen LogP contribution in [0.5, 0.6) is 0 Å². The van der Waals surface area contributed by atoms with Crippen molar-refractivity contribution in [2.45, 2.75) is 75.9 Å². The molecule has 0 bridgehead atoms. The summed E-state index contributed by atoms with van der Waals surface area (Å²) in [7, 11) is -4.13. The van der Waals surface area contributed by atoms with Crippen molar-refractivity contribution < 1.29 is 18.0 Å². The number of rotatable bonds is 11. The maximum absolute atomic E-state index is 14.2. The van der Waals surface area contributed by atoms with Crippen molar-refractivity contribution in [1.29, 1.82) is 0 Å². The van der Waals surface area contributed by atoms with Gasteiger partial charge >= 0.3 is 0 Å². The summed E-state index contributed by atoms with van der Waals surface area (Å²) in [6.07, 6.45) is 5.55. The van der Waals surface area contributed by atoms with E-state index in [1.54, 1.807) is 30.3 Å². The second kappa shape index (κ2) is 14.0. The van der Waals surface area contributed by atoms with E-state index in [4.69, 9.17) is 11.6 Å². The quantitative estimate of drug-likeness (QED) is 0.290. The number of nitrogens with zero attached hydrogens (tertiary/aromatic N) is 2. The molecule has 0 aliphatic heterocycles.